The van der Waals surface area contributed by atoms with Gasteiger partial charge in [0.25, 0.3) is 5.91 Å². The number of rotatable bonds is 5. The summed E-state index contributed by atoms with van der Waals surface area (Å²) >= 11 is 0. The van der Waals surface area contributed by atoms with E-state index in [4.69, 9.17) is 4.74 Å². The van der Waals surface area contributed by atoms with E-state index in [1.807, 2.05) is 19.9 Å². The number of aliphatic hydroxyl groups excluding tert-OH is 1. The van der Waals surface area contributed by atoms with E-state index in [0.29, 0.717) is 28.6 Å². The van der Waals surface area contributed by atoms with Crippen LogP contribution in [0.1, 0.15) is 47.2 Å². The molecule has 1 amide bonds. The largest absolute Gasteiger partial charge is 0.496 e. The van der Waals surface area contributed by atoms with E-state index in [-0.39, 0.29) is 12.5 Å². The number of aliphatic hydroxyl groups is 1. The molecule has 0 fully saturated rings. The number of hydrogen-bond donors (Lipinski definition) is 2. The SMILES string of the molecule is COc1ccc(NC(=O)c2cc(C)n(C(C)C)c2C)cc1CO. The number of carbonyl (C=O) groups is 1. The van der Waals surface area contributed by atoms with Gasteiger partial charge in [-0.05, 0) is 52.0 Å². The van der Waals surface area contributed by atoms with Gasteiger partial charge in [0, 0.05) is 28.7 Å². The molecule has 23 heavy (non-hydrogen) atoms. The third-order valence-electron chi connectivity index (χ3n) is 3.95. The number of methoxy groups -OCH3 is 1. The van der Waals surface area contributed by atoms with Crippen molar-refractivity contribution in [3.05, 3.63) is 46.8 Å². The van der Waals surface area contributed by atoms with Crippen LogP contribution in [0.15, 0.2) is 24.3 Å². The molecule has 1 heterocycles. The lowest BCUT2D eigenvalue weighted by molar-refractivity contribution is 0.102. The molecule has 1 aromatic heterocycles. The number of hydrogen-bond acceptors (Lipinski definition) is 3. The van der Waals surface area contributed by atoms with Gasteiger partial charge in [0.2, 0.25) is 0 Å². The number of ether oxygens (including phenoxy) is 1. The van der Waals surface area contributed by atoms with Crippen molar-refractivity contribution in [1.29, 1.82) is 0 Å². The zero-order chi connectivity index (χ0) is 17.1. The van der Waals surface area contributed by atoms with E-state index in [0.717, 1.165) is 11.4 Å². The van der Waals surface area contributed by atoms with Gasteiger partial charge >= 0.3 is 0 Å². The quantitative estimate of drug-likeness (QED) is 0.888. The van der Waals surface area contributed by atoms with Crippen LogP contribution in [-0.4, -0.2) is 22.7 Å². The molecule has 0 saturated heterocycles. The molecule has 0 aliphatic heterocycles. The predicted octanol–water partition coefficient (Wildman–Crippen LogP) is 3.44. The van der Waals surface area contributed by atoms with Gasteiger partial charge in [-0.3, -0.25) is 4.79 Å². The van der Waals surface area contributed by atoms with Crippen LogP contribution >= 0.6 is 0 Å². The van der Waals surface area contributed by atoms with Crippen LogP contribution in [0, 0.1) is 13.8 Å². The summed E-state index contributed by atoms with van der Waals surface area (Å²) in [6.45, 7) is 8.00. The lowest BCUT2D eigenvalue weighted by atomic mass is 10.1. The number of aromatic nitrogens is 1. The van der Waals surface area contributed by atoms with Crippen molar-refractivity contribution in [2.45, 2.75) is 40.3 Å². The van der Waals surface area contributed by atoms with Gasteiger partial charge in [-0.1, -0.05) is 0 Å². The van der Waals surface area contributed by atoms with Crippen LogP contribution in [0.4, 0.5) is 5.69 Å². The summed E-state index contributed by atoms with van der Waals surface area (Å²) in [4.78, 5) is 12.6. The maximum absolute atomic E-state index is 12.6. The Balaban J connectivity index is 2.28. The van der Waals surface area contributed by atoms with Gasteiger partial charge in [-0.15, -0.1) is 0 Å². The molecule has 0 bridgehead atoms. The zero-order valence-electron chi connectivity index (χ0n) is 14.3. The van der Waals surface area contributed by atoms with E-state index in [9.17, 15) is 9.90 Å². The Morgan fingerprint density at radius 3 is 2.52 bits per heavy atom. The Hall–Kier alpha value is -2.27. The lowest BCUT2D eigenvalue weighted by Crippen LogP contribution is -2.14. The molecule has 2 N–H and O–H groups in total. The highest BCUT2D eigenvalue weighted by molar-refractivity contribution is 6.05. The first kappa shape index (κ1) is 17.1. The molecule has 1 aromatic carbocycles. The van der Waals surface area contributed by atoms with Gasteiger partial charge < -0.3 is 19.7 Å². The summed E-state index contributed by atoms with van der Waals surface area (Å²) in [5.74, 6) is 0.447. The molecular weight excluding hydrogens is 292 g/mol. The molecule has 0 unspecified atom stereocenters. The Morgan fingerprint density at radius 2 is 2.00 bits per heavy atom. The van der Waals surface area contributed by atoms with Crippen LogP contribution in [0.25, 0.3) is 0 Å². The molecule has 5 heteroatoms. The van der Waals surface area contributed by atoms with Crippen molar-refractivity contribution in [3.8, 4) is 5.75 Å². The second kappa shape index (κ2) is 6.87. The van der Waals surface area contributed by atoms with Gasteiger partial charge in [-0.2, -0.15) is 0 Å². The molecule has 0 saturated carbocycles. The van der Waals surface area contributed by atoms with E-state index in [1.165, 1.54) is 0 Å². The van der Waals surface area contributed by atoms with Crippen molar-refractivity contribution in [2.24, 2.45) is 0 Å². The van der Waals surface area contributed by atoms with Crippen molar-refractivity contribution in [3.63, 3.8) is 0 Å². The third kappa shape index (κ3) is 3.40. The number of carbonyl (C=O) groups excluding carboxylic acids is 1. The Bertz CT molecular complexity index is 717. The van der Waals surface area contributed by atoms with Crippen LogP contribution < -0.4 is 10.1 Å². The zero-order valence-corrected chi connectivity index (χ0v) is 14.3. The minimum atomic E-state index is -0.154. The Kier molecular flexibility index (Phi) is 5.11. The second-order valence-electron chi connectivity index (χ2n) is 5.89. The van der Waals surface area contributed by atoms with E-state index >= 15 is 0 Å². The van der Waals surface area contributed by atoms with E-state index < -0.39 is 0 Å². The lowest BCUT2D eigenvalue weighted by Gasteiger charge is -2.14. The van der Waals surface area contributed by atoms with Crippen molar-refractivity contribution in [2.75, 3.05) is 12.4 Å². The molecule has 2 rings (SSSR count). The van der Waals surface area contributed by atoms with Gasteiger partial charge in [0.1, 0.15) is 5.75 Å². The smallest absolute Gasteiger partial charge is 0.257 e. The Labute approximate surface area is 136 Å². The fraction of sp³-hybridized carbons (Fsp3) is 0.389. The molecule has 124 valence electrons. The summed E-state index contributed by atoms with van der Waals surface area (Å²) in [5, 5.41) is 12.3. The highest BCUT2D eigenvalue weighted by Gasteiger charge is 2.17. The topological polar surface area (TPSA) is 63.5 Å². The molecule has 0 aliphatic carbocycles. The maximum Gasteiger partial charge on any atom is 0.257 e. The first-order chi connectivity index (χ1) is 10.9. The molecule has 0 aliphatic rings. The number of aryl methyl sites for hydroxylation is 1. The third-order valence-corrected chi connectivity index (χ3v) is 3.95. The molecule has 5 nitrogen and oxygen atoms in total. The normalized spacial score (nSPS) is 10.9. The fourth-order valence-corrected chi connectivity index (χ4v) is 2.98. The summed E-state index contributed by atoms with van der Waals surface area (Å²) in [6, 6.07) is 7.42. The minimum absolute atomic E-state index is 0.144. The van der Waals surface area contributed by atoms with Crippen LogP contribution in [0.2, 0.25) is 0 Å². The van der Waals surface area contributed by atoms with Gasteiger partial charge in [0.05, 0.1) is 19.3 Å². The van der Waals surface area contributed by atoms with Gasteiger partial charge in [-0.25, -0.2) is 0 Å². The first-order valence-corrected chi connectivity index (χ1v) is 7.66. The molecule has 0 radical (unpaired) electrons. The average molecular weight is 316 g/mol. The summed E-state index contributed by atoms with van der Waals surface area (Å²) < 4.78 is 7.31. The highest BCUT2D eigenvalue weighted by atomic mass is 16.5. The molecular formula is C18H24N2O3. The van der Waals surface area contributed by atoms with Crippen LogP contribution in [0.5, 0.6) is 5.75 Å². The van der Waals surface area contributed by atoms with Crippen molar-refractivity contribution < 1.29 is 14.6 Å². The maximum atomic E-state index is 12.6. The predicted molar refractivity (Wildman–Crippen MR) is 91.2 cm³/mol. The number of benzene rings is 1. The van der Waals surface area contributed by atoms with Crippen LogP contribution in [-0.2, 0) is 6.61 Å². The number of anilines is 1. The van der Waals surface area contributed by atoms with Gasteiger partial charge in [0.15, 0.2) is 0 Å². The van der Waals surface area contributed by atoms with Crippen molar-refractivity contribution >= 4 is 11.6 Å². The van der Waals surface area contributed by atoms with E-state index in [1.54, 1.807) is 25.3 Å². The highest BCUT2D eigenvalue weighted by Crippen LogP contribution is 2.24. The van der Waals surface area contributed by atoms with Crippen molar-refractivity contribution in [1.82, 2.24) is 4.57 Å². The monoisotopic (exact) mass is 316 g/mol. The summed E-state index contributed by atoms with van der Waals surface area (Å²) in [7, 11) is 1.55. The average Bonchev–Trinajstić information content (AvgIpc) is 2.82. The number of nitrogens with zero attached hydrogens (tertiary/aromatic N) is 1. The summed E-state index contributed by atoms with van der Waals surface area (Å²) in [5.41, 5.74) is 3.95. The number of nitrogens with one attached hydrogen (secondary N) is 1. The number of amides is 1. The summed E-state index contributed by atoms with van der Waals surface area (Å²) in [6.07, 6.45) is 0. The first-order valence-electron chi connectivity index (χ1n) is 7.66. The van der Waals surface area contributed by atoms with E-state index in [2.05, 4.69) is 23.7 Å². The molecule has 0 spiro atoms. The Morgan fingerprint density at radius 1 is 1.30 bits per heavy atom. The standard InChI is InChI=1S/C18H24N2O3/c1-11(2)20-12(3)8-16(13(20)4)18(22)19-15-6-7-17(23-5)14(9-15)10-21/h6-9,11,21H,10H2,1-5H3,(H,19,22). The van der Waals surface area contributed by atoms with Crippen LogP contribution in [0.3, 0.4) is 0 Å². The fourth-order valence-electron chi connectivity index (χ4n) is 2.98. The second-order valence-corrected chi connectivity index (χ2v) is 5.89. The molecule has 0 atom stereocenters. The minimum Gasteiger partial charge on any atom is -0.496 e. The molecule has 2 aromatic rings.